The summed E-state index contributed by atoms with van der Waals surface area (Å²) in [5, 5.41) is 3.04. The molecule has 1 aromatic rings. The van der Waals surface area contributed by atoms with Crippen molar-refractivity contribution >= 4 is 11.7 Å². The number of esters is 1. The Morgan fingerprint density at radius 2 is 2.06 bits per heavy atom. The summed E-state index contributed by atoms with van der Waals surface area (Å²) in [5.74, 6) is 1.02. The topological polar surface area (TPSA) is 56.8 Å². The van der Waals surface area contributed by atoms with Gasteiger partial charge in [0.2, 0.25) is 0 Å². The van der Waals surface area contributed by atoms with Crippen molar-refractivity contribution in [1.82, 2.24) is 0 Å². The van der Waals surface area contributed by atoms with Crippen LogP contribution in [0.4, 0.5) is 5.69 Å². The Balaban J connectivity index is 2.80. The number of carbonyl (C=O) groups is 1. The monoisotopic (exact) mass is 253 g/mol. The third kappa shape index (κ3) is 3.55. The highest BCUT2D eigenvalue weighted by molar-refractivity contribution is 5.79. The van der Waals surface area contributed by atoms with Crippen LogP contribution in [0.2, 0.25) is 0 Å². The molecule has 0 aliphatic heterocycles. The number of carbonyl (C=O) groups excluding carboxylic acids is 1. The van der Waals surface area contributed by atoms with Crippen LogP contribution in [0, 0.1) is 0 Å². The van der Waals surface area contributed by atoms with E-state index in [2.05, 4.69) is 5.32 Å². The zero-order valence-electron chi connectivity index (χ0n) is 11.1. The zero-order chi connectivity index (χ0) is 13.5. The molecule has 0 radical (unpaired) electrons. The van der Waals surface area contributed by atoms with Crippen LogP contribution in [0.25, 0.3) is 0 Å². The van der Waals surface area contributed by atoms with Gasteiger partial charge in [0.1, 0.15) is 17.5 Å². The first-order valence-corrected chi connectivity index (χ1v) is 5.77. The number of rotatable bonds is 6. The number of hydrogen-bond acceptors (Lipinski definition) is 5. The molecule has 100 valence electrons. The SMILES string of the molecule is CCOC(=O)C(C)Nc1ccc(OC)cc1OC. The second-order valence-corrected chi connectivity index (χ2v) is 3.68. The van der Waals surface area contributed by atoms with Gasteiger partial charge in [-0.15, -0.1) is 0 Å². The minimum Gasteiger partial charge on any atom is -0.497 e. The second-order valence-electron chi connectivity index (χ2n) is 3.68. The van der Waals surface area contributed by atoms with Gasteiger partial charge < -0.3 is 19.5 Å². The Morgan fingerprint density at radius 1 is 1.33 bits per heavy atom. The molecule has 0 saturated heterocycles. The average molecular weight is 253 g/mol. The molecular formula is C13H19NO4. The molecule has 5 heteroatoms. The first kappa shape index (κ1) is 14.2. The lowest BCUT2D eigenvalue weighted by atomic mass is 10.2. The molecule has 5 nitrogen and oxygen atoms in total. The van der Waals surface area contributed by atoms with E-state index in [-0.39, 0.29) is 5.97 Å². The minimum atomic E-state index is -0.438. The van der Waals surface area contributed by atoms with Gasteiger partial charge in [0.25, 0.3) is 0 Å². The molecule has 0 aromatic heterocycles. The predicted molar refractivity (Wildman–Crippen MR) is 69.3 cm³/mol. The number of benzene rings is 1. The minimum absolute atomic E-state index is 0.296. The lowest BCUT2D eigenvalue weighted by Gasteiger charge is -2.16. The number of nitrogens with one attached hydrogen (secondary N) is 1. The molecule has 18 heavy (non-hydrogen) atoms. The first-order chi connectivity index (χ1) is 8.62. The Labute approximate surface area is 107 Å². The molecule has 1 aromatic carbocycles. The van der Waals surface area contributed by atoms with Gasteiger partial charge in [-0.2, -0.15) is 0 Å². The molecule has 0 aliphatic rings. The Hall–Kier alpha value is -1.91. The van der Waals surface area contributed by atoms with Gasteiger partial charge in [-0.3, -0.25) is 0 Å². The summed E-state index contributed by atoms with van der Waals surface area (Å²) in [5.41, 5.74) is 0.721. The van der Waals surface area contributed by atoms with E-state index in [1.54, 1.807) is 46.3 Å². The normalized spacial score (nSPS) is 11.6. The largest absolute Gasteiger partial charge is 0.497 e. The Bertz CT molecular complexity index is 406. The van der Waals surface area contributed by atoms with Crippen molar-refractivity contribution in [3.8, 4) is 11.5 Å². The van der Waals surface area contributed by atoms with Gasteiger partial charge >= 0.3 is 5.97 Å². The number of hydrogen-bond donors (Lipinski definition) is 1. The van der Waals surface area contributed by atoms with E-state index in [9.17, 15) is 4.79 Å². The summed E-state index contributed by atoms with van der Waals surface area (Å²) >= 11 is 0. The second kappa shape index (κ2) is 6.74. The molecule has 0 aliphatic carbocycles. The van der Waals surface area contributed by atoms with Crippen LogP contribution in [-0.2, 0) is 9.53 Å². The zero-order valence-corrected chi connectivity index (χ0v) is 11.1. The molecule has 1 unspecified atom stereocenters. The van der Waals surface area contributed by atoms with Crippen LogP contribution in [0.5, 0.6) is 11.5 Å². The van der Waals surface area contributed by atoms with Gasteiger partial charge in [-0.25, -0.2) is 4.79 Å². The van der Waals surface area contributed by atoms with Crippen molar-refractivity contribution in [3.63, 3.8) is 0 Å². The average Bonchev–Trinajstić information content (AvgIpc) is 2.39. The molecule has 0 amide bonds. The summed E-state index contributed by atoms with van der Waals surface area (Å²) < 4.78 is 15.3. The summed E-state index contributed by atoms with van der Waals surface area (Å²) in [6.45, 7) is 3.88. The van der Waals surface area contributed by atoms with Crippen molar-refractivity contribution in [1.29, 1.82) is 0 Å². The molecule has 0 saturated carbocycles. The molecule has 0 bridgehead atoms. The van der Waals surface area contributed by atoms with Crippen LogP contribution in [0.1, 0.15) is 13.8 Å². The van der Waals surface area contributed by atoms with E-state index in [1.807, 2.05) is 0 Å². The third-order valence-electron chi connectivity index (χ3n) is 2.42. The van der Waals surface area contributed by atoms with Gasteiger partial charge in [-0.1, -0.05) is 0 Å². The summed E-state index contributed by atoms with van der Waals surface area (Å²) in [4.78, 5) is 11.5. The maximum Gasteiger partial charge on any atom is 0.328 e. The van der Waals surface area contributed by atoms with Crippen LogP contribution >= 0.6 is 0 Å². The predicted octanol–water partition coefficient (Wildman–Crippen LogP) is 2.07. The van der Waals surface area contributed by atoms with E-state index in [0.29, 0.717) is 18.1 Å². The highest BCUT2D eigenvalue weighted by Gasteiger charge is 2.15. The van der Waals surface area contributed by atoms with Crippen LogP contribution < -0.4 is 14.8 Å². The van der Waals surface area contributed by atoms with Gasteiger partial charge in [0.15, 0.2) is 0 Å². The fourth-order valence-corrected chi connectivity index (χ4v) is 1.48. The Morgan fingerprint density at radius 3 is 2.61 bits per heavy atom. The van der Waals surface area contributed by atoms with Crippen molar-refractivity contribution in [2.45, 2.75) is 19.9 Å². The maximum atomic E-state index is 11.5. The third-order valence-corrected chi connectivity index (χ3v) is 2.42. The molecule has 1 N–H and O–H groups in total. The Kier molecular flexibility index (Phi) is 5.30. The van der Waals surface area contributed by atoms with E-state index in [0.717, 1.165) is 5.69 Å². The first-order valence-electron chi connectivity index (χ1n) is 5.77. The highest BCUT2D eigenvalue weighted by Crippen LogP contribution is 2.29. The fraction of sp³-hybridized carbons (Fsp3) is 0.462. The molecule has 1 atom stereocenters. The van der Waals surface area contributed by atoms with Crippen molar-refractivity contribution in [2.75, 3.05) is 26.1 Å². The summed E-state index contributed by atoms with van der Waals surface area (Å²) in [6, 6.07) is 4.91. The lowest BCUT2D eigenvalue weighted by Crippen LogP contribution is -2.28. The van der Waals surface area contributed by atoms with Gasteiger partial charge in [0.05, 0.1) is 26.5 Å². The molecular weight excluding hydrogens is 234 g/mol. The van der Waals surface area contributed by atoms with Crippen LogP contribution in [-0.4, -0.2) is 32.8 Å². The van der Waals surface area contributed by atoms with E-state index >= 15 is 0 Å². The fourth-order valence-electron chi connectivity index (χ4n) is 1.48. The molecule has 1 rings (SSSR count). The summed E-state index contributed by atoms with van der Waals surface area (Å²) in [7, 11) is 3.15. The van der Waals surface area contributed by atoms with Crippen LogP contribution in [0.15, 0.2) is 18.2 Å². The number of anilines is 1. The molecule has 0 heterocycles. The van der Waals surface area contributed by atoms with E-state index in [4.69, 9.17) is 14.2 Å². The summed E-state index contributed by atoms with van der Waals surface area (Å²) in [6.07, 6.45) is 0. The van der Waals surface area contributed by atoms with Crippen LogP contribution in [0.3, 0.4) is 0 Å². The van der Waals surface area contributed by atoms with Gasteiger partial charge in [-0.05, 0) is 26.0 Å². The number of methoxy groups -OCH3 is 2. The number of ether oxygens (including phenoxy) is 3. The smallest absolute Gasteiger partial charge is 0.328 e. The maximum absolute atomic E-state index is 11.5. The lowest BCUT2D eigenvalue weighted by molar-refractivity contribution is -0.143. The van der Waals surface area contributed by atoms with Crippen molar-refractivity contribution < 1.29 is 19.0 Å². The molecule has 0 fully saturated rings. The van der Waals surface area contributed by atoms with Crippen molar-refractivity contribution in [2.24, 2.45) is 0 Å². The van der Waals surface area contributed by atoms with E-state index in [1.165, 1.54) is 0 Å². The standard InChI is InChI=1S/C13H19NO4/c1-5-18-13(15)9(2)14-11-7-6-10(16-3)8-12(11)17-4/h6-9,14H,5H2,1-4H3. The van der Waals surface area contributed by atoms with E-state index < -0.39 is 6.04 Å². The van der Waals surface area contributed by atoms with Crippen molar-refractivity contribution in [3.05, 3.63) is 18.2 Å². The highest BCUT2D eigenvalue weighted by atomic mass is 16.5. The molecule has 0 spiro atoms. The quantitative estimate of drug-likeness (QED) is 0.786. The van der Waals surface area contributed by atoms with Gasteiger partial charge in [0, 0.05) is 6.07 Å².